The van der Waals surface area contributed by atoms with Crippen LogP contribution in [0, 0.1) is 11.3 Å². The molecule has 198 valence electrons. The van der Waals surface area contributed by atoms with E-state index in [1.54, 1.807) is 30.2 Å². The summed E-state index contributed by atoms with van der Waals surface area (Å²) >= 11 is 6.19. The molecule has 1 aliphatic rings. The van der Waals surface area contributed by atoms with E-state index >= 15 is 0 Å². The van der Waals surface area contributed by atoms with Crippen LogP contribution in [0.15, 0.2) is 71.8 Å². The number of amides is 1. The first-order chi connectivity index (χ1) is 18.1. The third-order valence-electron chi connectivity index (χ3n) is 7.66. The van der Waals surface area contributed by atoms with Crippen molar-refractivity contribution in [1.82, 2.24) is 19.7 Å². The molecule has 1 saturated carbocycles. The van der Waals surface area contributed by atoms with E-state index in [1.165, 1.54) is 10.6 Å². The molecular formula is C30H33ClN4O3. The number of nitrogens with zero attached hydrogens (tertiary/aromatic N) is 3. The van der Waals surface area contributed by atoms with Crippen molar-refractivity contribution < 1.29 is 9.53 Å². The molecular weight excluding hydrogens is 500 g/mol. The number of rotatable bonds is 8. The highest BCUT2D eigenvalue weighted by atomic mass is 35.5. The van der Waals surface area contributed by atoms with Gasteiger partial charge in [-0.05, 0) is 60.7 Å². The van der Waals surface area contributed by atoms with E-state index in [-0.39, 0.29) is 28.8 Å². The van der Waals surface area contributed by atoms with Crippen molar-refractivity contribution >= 4 is 28.4 Å². The molecule has 7 nitrogen and oxygen atoms in total. The lowest BCUT2D eigenvalue weighted by atomic mass is 9.69. The Labute approximate surface area is 227 Å². The van der Waals surface area contributed by atoms with Crippen molar-refractivity contribution in [3.8, 4) is 11.4 Å². The summed E-state index contributed by atoms with van der Waals surface area (Å²) in [5.74, 6) is 0.880. The number of benzene rings is 2. The lowest BCUT2D eigenvalue weighted by Crippen LogP contribution is -2.51. The maximum atomic E-state index is 13.2. The maximum absolute atomic E-state index is 13.2. The van der Waals surface area contributed by atoms with Gasteiger partial charge in [-0.1, -0.05) is 50.9 Å². The van der Waals surface area contributed by atoms with Crippen LogP contribution >= 0.6 is 11.6 Å². The van der Waals surface area contributed by atoms with Crippen molar-refractivity contribution in [2.45, 2.75) is 52.2 Å². The van der Waals surface area contributed by atoms with Crippen molar-refractivity contribution in [2.24, 2.45) is 18.4 Å². The largest absolute Gasteiger partial charge is 0.484 e. The minimum absolute atomic E-state index is 0.0766. The summed E-state index contributed by atoms with van der Waals surface area (Å²) in [5, 5.41) is 9.41. The summed E-state index contributed by atoms with van der Waals surface area (Å²) in [6.45, 7) is 6.24. The Hall–Kier alpha value is -3.58. The van der Waals surface area contributed by atoms with Crippen LogP contribution in [-0.4, -0.2) is 26.3 Å². The van der Waals surface area contributed by atoms with Crippen molar-refractivity contribution in [3.05, 3.63) is 87.9 Å². The second kappa shape index (κ2) is 10.3. The highest BCUT2D eigenvalue weighted by molar-refractivity contribution is 6.30. The quantitative estimate of drug-likeness (QED) is 0.310. The van der Waals surface area contributed by atoms with Gasteiger partial charge < -0.3 is 14.6 Å². The SMILES string of the molecule is CC(C)[C@H](NC(=O)C1(C)CCC1)[C@H](Oc1ccc2c(cnn2-c2ccc(=O)n(C)c2)c1)c1ccc(Cl)cc1. The number of nitrogens with one attached hydrogen (secondary N) is 1. The molecule has 0 bridgehead atoms. The van der Waals surface area contributed by atoms with E-state index in [9.17, 15) is 9.59 Å². The Kier molecular flexibility index (Phi) is 7.05. The molecule has 5 rings (SSSR count). The Morgan fingerprint density at radius 1 is 1.11 bits per heavy atom. The van der Waals surface area contributed by atoms with E-state index < -0.39 is 6.10 Å². The van der Waals surface area contributed by atoms with Gasteiger partial charge in [-0.2, -0.15) is 5.10 Å². The van der Waals surface area contributed by atoms with E-state index in [4.69, 9.17) is 16.3 Å². The number of carbonyl (C=O) groups is 1. The smallest absolute Gasteiger partial charge is 0.250 e. The zero-order valence-electron chi connectivity index (χ0n) is 22.1. The number of carbonyl (C=O) groups excluding carboxylic acids is 1. The van der Waals surface area contributed by atoms with Gasteiger partial charge in [0, 0.05) is 35.1 Å². The van der Waals surface area contributed by atoms with Gasteiger partial charge >= 0.3 is 0 Å². The average Bonchev–Trinajstić information content (AvgIpc) is 3.30. The Morgan fingerprint density at radius 2 is 1.84 bits per heavy atom. The number of aromatic nitrogens is 3. The molecule has 38 heavy (non-hydrogen) atoms. The third-order valence-corrected chi connectivity index (χ3v) is 7.92. The molecule has 4 aromatic rings. The van der Waals surface area contributed by atoms with E-state index in [1.807, 2.05) is 49.4 Å². The zero-order chi connectivity index (χ0) is 27.0. The van der Waals surface area contributed by atoms with Gasteiger partial charge in [-0.15, -0.1) is 0 Å². The number of pyridine rings is 1. The summed E-state index contributed by atoms with van der Waals surface area (Å²) in [6, 6.07) is 16.5. The molecule has 0 saturated heterocycles. The third kappa shape index (κ3) is 5.07. The highest BCUT2D eigenvalue weighted by Gasteiger charge is 2.41. The summed E-state index contributed by atoms with van der Waals surface area (Å²) in [5.41, 5.74) is 2.24. The second-order valence-corrected chi connectivity index (χ2v) is 11.3. The van der Waals surface area contributed by atoms with Gasteiger partial charge in [-0.25, -0.2) is 4.68 Å². The predicted octanol–water partition coefficient (Wildman–Crippen LogP) is 5.83. The van der Waals surface area contributed by atoms with E-state index in [0.717, 1.165) is 41.4 Å². The molecule has 0 aliphatic heterocycles. The fourth-order valence-electron chi connectivity index (χ4n) is 4.99. The van der Waals surface area contributed by atoms with Gasteiger partial charge in [0.25, 0.3) is 0 Å². The minimum atomic E-state index is -0.420. The first kappa shape index (κ1) is 26.0. The normalized spacial score (nSPS) is 16.2. The maximum Gasteiger partial charge on any atom is 0.250 e. The van der Waals surface area contributed by atoms with Crippen LogP contribution in [0.25, 0.3) is 16.6 Å². The first-order valence-electron chi connectivity index (χ1n) is 13.0. The Bertz CT molecular complexity index is 1520. The van der Waals surface area contributed by atoms with Crippen molar-refractivity contribution in [2.75, 3.05) is 0 Å². The Morgan fingerprint density at radius 3 is 2.47 bits per heavy atom. The number of aryl methyl sites for hydroxylation is 1. The van der Waals surface area contributed by atoms with Crippen LogP contribution in [0.1, 0.15) is 51.7 Å². The van der Waals surface area contributed by atoms with Crippen molar-refractivity contribution in [1.29, 1.82) is 0 Å². The van der Waals surface area contributed by atoms with E-state index in [2.05, 4.69) is 24.3 Å². The fourth-order valence-corrected chi connectivity index (χ4v) is 5.12. The van der Waals surface area contributed by atoms with Crippen molar-refractivity contribution in [3.63, 3.8) is 0 Å². The summed E-state index contributed by atoms with van der Waals surface area (Å²) in [6.07, 6.45) is 6.02. The lowest BCUT2D eigenvalue weighted by Gasteiger charge is -2.40. The molecule has 1 amide bonds. The van der Waals surface area contributed by atoms with Crippen LogP contribution in [0.3, 0.4) is 0 Å². The van der Waals surface area contributed by atoms with Crippen LogP contribution in [0.5, 0.6) is 5.75 Å². The van der Waals surface area contributed by atoms with Gasteiger partial charge in [0.2, 0.25) is 11.5 Å². The monoisotopic (exact) mass is 532 g/mol. The molecule has 0 spiro atoms. The standard InChI is InChI=1S/C30H33ClN4O3/c1-19(2)27(33-29(37)30(3)14-5-15-30)28(20-6-8-22(31)9-7-20)38-24-11-12-25-21(16-24)17-32-35(25)23-10-13-26(36)34(4)18-23/h6-13,16-19,27-28H,5,14-15H2,1-4H3,(H,33,37)/t27-,28+/m0/s1. The first-order valence-corrected chi connectivity index (χ1v) is 13.4. The molecule has 2 aromatic carbocycles. The van der Waals surface area contributed by atoms with Crippen LogP contribution in [-0.2, 0) is 11.8 Å². The number of hydrogen-bond donors (Lipinski definition) is 1. The predicted molar refractivity (Wildman–Crippen MR) is 150 cm³/mol. The van der Waals surface area contributed by atoms with Gasteiger partial charge in [-0.3, -0.25) is 9.59 Å². The van der Waals surface area contributed by atoms with Crippen LogP contribution < -0.4 is 15.6 Å². The molecule has 1 N–H and O–H groups in total. The number of halogens is 1. The topological polar surface area (TPSA) is 78.2 Å². The second-order valence-electron chi connectivity index (χ2n) is 10.9. The molecule has 0 radical (unpaired) electrons. The molecule has 8 heteroatoms. The average molecular weight is 533 g/mol. The lowest BCUT2D eigenvalue weighted by molar-refractivity contribution is -0.136. The van der Waals surface area contributed by atoms with E-state index in [0.29, 0.717) is 10.8 Å². The molecule has 1 aliphatic carbocycles. The summed E-state index contributed by atoms with van der Waals surface area (Å²) in [7, 11) is 1.72. The molecule has 2 aromatic heterocycles. The molecule has 2 heterocycles. The highest BCUT2D eigenvalue weighted by Crippen LogP contribution is 2.41. The van der Waals surface area contributed by atoms with Gasteiger partial charge in [0.05, 0.1) is 23.4 Å². The Balaban J connectivity index is 1.48. The molecule has 0 unspecified atom stereocenters. The van der Waals surface area contributed by atoms with Gasteiger partial charge in [0.1, 0.15) is 11.9 Å². The molecule has 1 fully saturated rings. The minimum Gasteiger partial charge on any atom is -0.484 e. The number of fused-ring (bicyclic) bond motifs is 1. The number of ether oxygens (including phenoxy) is 1. The molecule has 2 atom stereocenters. The summed E-state index contributed by atoms with van der Waals surface area (Å²) < 4.78 is 9.97. The van der Waals surface area contributed by atoms with Gasteiger partial charge in [0.15, 0.2) is 0 Å². The number of hydrogen-bond acceptors (Lipinski definition) is 4. The zero-order valence-corrected chi connectivity index (χ0v) is 22.9. The van der Waals surface area contributed by atoms with Crippen LogP contribution in [0.2, 0.25) is 5.02 Å². The van der Waals surface area contributed by atoms with Crippen LogP contribution in [0.4, 0.5) is 0 Å². The summed E-state index contributed by atoms with van der Waals surface area (Å²) in [4.78, 5) is 25.1. The fraction of sp³-hybridized carbons (Fsp3) is 0.367.